The van der Waals surface area contributed by atoms with Gasteiger partial charge in [0.05, 0.1) is 11.8 Å². The van der Waals surface area contributed by atoms with Gasteiger partial charge in [-0.05, 0) is 6.07 Å². The molecule has 74 valence electrons. The van der Waals surface area contributed by atoms with Crippen LogP contribution in [0.5, 0.6) is 0 Å². The monoisotopic (exact) mass is 200 g/mol. The molecule has 2 aliphatic rings. The number of carbonyl (C=O) groups is 2. The number of hydrogen-bond donors (Lipinski definition) is 0. The predicted octanol–water partition coefficient (Wildman–Crippen LogP) is -0.813. The van der Waals surface area contributed by atoms with Crippen molar-refractivity contribution in [3.63, 3.8) is 0 Å². The highest BCUT2D eigenvalue weighted by atomic mass is 16.2. The first-order chi connectivity index (χ1) is 7.25. The zero-order valence-electron chi connectivity index (χ0n) is 7.93. The summed E-state index contributed by atoms with van der Waals surface area (Å²) in [5.41, 5.74) is 0.921. The number of β-lactam (4-membered cyclic amide) rings is 1. The number of hydrogen-bond acceptors (Lipinski definition) is 2. The second-order valence-corrected chi connectivity index (χ2v) is 3.63. The maximum Gasteiger partial charge on any atom is 0.266 e. The molecule has 0 bridgehead atoms. The highest BCUT2D eigenvalue weighted by molar-refractivity contribution is 6.02. The van der Waals surface area contributed by atoms with Crippen LogP contribution in [0.3, 0.4) is 0 Å². The van der Waals surface area contributed by atoms with E-state index in [0.29, 0.717) is 11.8 Å². The second kappa shape index (κ2) is 2.76. The van der Waals surface area contributed by atoms with Crippen LogP contribution >= 0.6 is 0 Å². The van der Waals surface area contributed by atoms with E-state index >= 15 is 0 Å². The van der Waals surface area contributed by atoms with Crippen molar-refractivity contribution >= 4 is 17.5 Å². The minimum Gasteiger partial charge on any atom is -0.305 e. The van der Waals surface area contributed by atoms with Crippen LogP contribution in [0.25, 0.3) is 5.70 Å². The van der Waals surface area contributed by atoms with Crippen LogP contribution in [-0.2, 0) is 9.59 Å². The summed E-state index contributed by atoms with van der Waals surface area (Å²) in [6, 6.07) is 7.42. The summed E-state index contributed by atoms with van der Waals surface area (Å²) in [5.74, 6) is -0.254. The number of rotatable bonds is 0. The summed E-state index contributed by atoms with van der Waals surface area (Å²) in [7, 11) is 0. The normalized spacial score (nSPS) is 18.7. The maximum absolute atomic E-state index is 11.4. The molecule has 1 aromatic rings. The molecule has 4 nitrogen and oxygen atoms in total. The molecule has 3 rings (SSSR count). The molecule has 1 fully saturated rings. The van der Waals surface area contributed by atoms with Crippen molar-refractivity contribution in [1.82, 2.24) is 4.90 Å². The van der Waals surface area contributed by atoms with E-state index in [4.69, 9.17) is 0 Å². The number of nitrogens with zero attached hydrogens (tertiary/aromatic N) is 2. The second-order valence-electron chi connectivity index (χ2n) is 3.63. The van der Waals surface area contributed by atoms with E-state index in [0.717, 1.165) is 10.9 Å². The van der Waals surface area contributed by atoms with Gasteiger partial charge in [0, 0.05) is 10.9 Å². The fraction of sp³-hybridized carbons (Fsp3) is 0.182. The van der Waals surface area contributed by atoms with E-state index in [1.165, 1.54) is 4.90 Å². The molecular formula is C11H8N2O2. The molecule has 2 aliphatic heterocycles. The topological polar surface area (TPSA) is 49.7 Å². The van der Waals surface area contributed by atoms with Gasteiger partial charge in [-0.1, -0.05) is 18.2 Å². The van der Waals surface area contributed by atoms with Crippen LogP contribution in [0.2, 0.25) is 0 Å². The van der Waals surface area contributed by atoms with Crippen LogP contribution in [0.1, 0.15) is 6.42 Å². The summed E-state index contributed by atoms with van der Waals surface area (Å²) in [4.78, 5) is 28.2. The van der Waals surface area contributed by atoms with Gasteiger partial charge in [0.1, 0.15) is 6.54 Å². The Bertz CT molecular complexity index is 589. The third-order valence-corrected chi connectivity index (χ3v) is 2.70. The third-order valence-electron chi connectivity index (χ3n) is 2.70. The van der Waals surface area contributed by atoms with Crippen LogP contribution in [0.15, 0.2) is 29.3 Å². The summed E-state index contributed by atoms with van der Waals surface area (Å²) >= 11 is 0. The molecule has 0 aromatic heterocycles. The van der Waals surface area contributed by atoms with Gasteiger partial charge in [-0.3, -0.25) is 9.59 Å². The zero-order chi connectivity index (χ0) is 10.4. The van der Waals surface area contributed by atoms with Gasteiger partial charge < -0.3 is 4.90 Å². The molecule has 0 N–H and O–H groups in total. The molecule has 2 heterocycles. The van der Waals surface area contributed by atoms with Crippen LogP contribution in [0, 0.1) is 0 Å². The Morgan fingerprint density at radius 1 is 1.20 bits per heavy atom. The van der Waals surface area contributed by atoms with Crippen molar-refractivity contribution in [2.75, 3.05) is 6.54 Å². The molecule has 0 spiro atoms. The van der Waals surface area contributed by atoms with Gasteiger partial charge in [0.2, 0.25) is 5.91 Å². The lowest BCUT2D eigenvalue weighted by Crippen LogP contribution is -2.46. The average molecular weight is 200 g/mol. The molecule has 2 amide bonds. The van der Waals surface area contributed by atoms with E-state index in [9.17, 15) is 9.59 Å². The molecule has 0 unspecified atom stereocenters. The molecule has 4 heteroatoms. The Balaban J connectivity index is 2.38. The lowest BCUT2D eigenvalue weighted by molar-refractivity contribution is -0.135. The summed E-state index contributed by atoms with van der Waals surface area (Å²) in [6.07, 6.45) is 0.416. The molecule has 0 radical (unpaired) electrons. The van der Waals surface area contributed by atoms with Gasteiger partial charge in [-0.2, -0.15) is 0 Å². The first kappa shape index (κ1) is 8.35. The predicted molar refractivity (Wildman–Crippen MR) is 52.0 cm³/mol. The smallest absolute Gasteiger partial charge is 0.266 e. The number of carbonyl (C=O) groups excluding carboxylic acids is 2. The first-order valence-electron chi connectivity index (χ1n) is 4.76. The van der Waals surface area contributed by atoms with Gasteiger partial charge in [0.15, 0.2) is 0 Å². The number of para-hydroxylation sites is 1. The van der Waals surface area contributed by atoms with Crippen molar-refractivity contribution in [1.29, 1.82) is 0 Å². The molecular weight excluding hydrogens is 192 g/mol. The number of fused-ring (bicyclic) bond motifs is 2. The van der Waals surface area contributed by atoms with Gasteiger partial charge in [-0.25, -0.2) is 4.99 Å². The summed E-state index contributed by atoms with van der Waals surface area (Å²) < 4.78 is 0. The van der Waals surface area contributed by atoms with E-state index in [2.05, 4.69) is 4.99 Å². The van der Waals surface area contributed by atoms with Crippen molar-refractivity contribution < 1.29 is 9.59 Å². The minimum absolute atomic E-state index is 0.00486. The third kappa shape index (κ3) is 1.11. The lowest BCUT2D eigenvalue weighted by Gasteiger charge is -2.32. The van der Waals surface area contributed by atoms with E-state index in [-0.39, 0.29) is 18.4 Å². The zero-order valence-corrected chi connectivity index (χ0v) is 7.93. The Hall–Kier alpha value is -1.97. The minimum atomic E-state index is -0.259. The molecule has 0 aliphatic carbocycles. The van der Waals surface area contributed by atoms with Crippen molar-refractivity contribution in [2.24, 2.45) is 4.99 Å². The van der Waals surface area contributed by atoms with E-state index in [1.807, 2.05) is 18.2 Å². The number of amides is 2. The Kier molecular flexibility index (Phi) is 1.54. The molecule has 1 aromatic carbocycles. The largest absolute Gasteiger partial charge is 0.305 e. The first-order valence-corrected chi connectivity index (χ1v) is 4.76. The average Bonchev–Trinajstić information content (AvgIpc) is 2.34. The lowest BCUT2D eigenvalue weighted by atomic mass is 10.1. The number of benzene rings is 1. The van der Waals surface area contributed by atoms with Gasteiger partial charge in [0.25, 0.3) is 5.91 Å². The Labute approximate surface area is 85.5 Å². The summed E-state index contributed by atoms with van der Waals surface area (Å²) in [5, 5.41) is 1.58. The highest BCUT2D eigenvalue weighted by Crippen LogP contribution is 2.23. The fourth-order valence-electron chi connectivity index (χ4n) is 1.94. The fourth-order valence-corrected chi connectivity index (χ4v) is 1.94. The van der Waals surface area contributed by atoms with Crippen LogP contribution in [-0.4, -0.2) is 23.3 Å². The quantitative estimate of drug-likeness (QED) is 0.514. The van der Waals surface area contributed by atoms with Crippen molar-refractivity contribution in [2.45, 2.75) is 6.42 Å². The van der Waals surface area contributed by atoms with Crippen LogP contribution < -0.4 is 10.6 Å². The van der Waals surface area contributed by atoms with Crippen LogP contribution in [0.4, 0.5) is 0 Å². The molecule has 0 atom stereocenters. The van der Waals surface area contributed by atoms with Gasteiger partial charge >= 0.3 is 0 Å². The Morgan fingerprint density at radius 2 is 2.00 bits per heavy atom. The van der Waals surface area contributed by atoms with Crippen molar-refractivity contribution in [3.05, 3.63) is 34.8 Å². The highest BCUT2D eigenvalue weighted by Gasteiger charge is 2.33. The van der Waals surface area contributed by atoms with Crippen molar-refractivity contribution in [3.8, 4) is 0 Å². The molecule has 15 heavy (non-hydrogen) atoms. The molecule has 1 saturated heterocycles. The molecule has 0 saturated carbocycles. The maximum atomic E-state index is 11.4. The summed E-state index contributed by atoms with van der Waals surface area (Å²) in [6.45, 7) is 0.0862. The Morgan fingerprint density at radius 3 is 2.80 bits per heavy atom. The van der Waals surface area contributed by atoms with Gasteiger partial charge in [-0.15, -0.1) is 0 Å². The van der Waals surface area contributed by atoms with E-state index in [1.54, 1.807) is 6.07 Å². The standard InChI is InChI=1S/C11H8N2O2/c14-10-6-13-9(5-11(13)15)7-3-1-2-4-8(7)12-10/h1-4H,5-6H2. The SMILES string of the molecule is O=C1CN2C(=O)CC2=c2ccccc2=N1. The van der Waals surface area contributed by atoms with E-state index < -0.39 is 0 Å².